The number of halogens is 1. The van der Waals surface area contributed by atoms with E-state index in [0.29, 0.717) is 0 Å². The third kappa shape index (κ3) is 3.69. The Morgan fingerprint density at radius 2 is 1.40 bits per heavy atom. The van der Waals surface area contributed by atoms with Crippen LogP contribution in [-0.2, 0) is 0 Å². The van der Waals surface area contributed by atoms with Crippen LogP contribution in [0.25, 0.3) is 5.57 Å². The molecule has 0 aliphatic carbocycles. The maximum Gasteiger partial charge on any atom is 0.0896 e. The van der Waals surface area contributed by atoms with Gasteiger partial charge < -0.3 is 21.5 Å². The van der Waals surface area contributed by atoms with E-state index in [9.17, 15) is 0 Å². The average molecular weight is 438 g/mol. The molecular weight excluding hydrogens is 410 g/mol. The van der Waals surface area contributed by atoms with Crippen LogP contribution in [-0.4, -0.2) is 30.7 Å². The highest BCUT2D eigenvalue weighted by atomic mass is 79.9. The number of hydrogen-bond donors (Lipinski definition) is 0. The summed E-state index contributed by atoms with van der Waals surface area (Å²) in [6, 6.07) is 10.9. The molecule has 25 heavy (non-hydrogen) atoms. The summed E-state index contributed by atoms with van der Waals surface area (Å²) in [5.74, 6) is 0.744. The third-order valence-electron chi connectivity index (χ3n) is 6.28. The maximum absolute atomic E-state index is 2.63. The summed E-state index contributed by atoms with van der Waals surface area (Å²) in [5, 5.41) is 0. The minimum atomic E-state index is 0. The molecule has 4 heteroatoms. The maximum atomic E-state index is 2.63. The van der Waals surface area contributed by atoms with Crippen LogP contribution < -0.4 is 17.0 Å². The van der Waals surface area contributed by atoms with Crippen molar-refractivity contribution in [1.29, 1.82) is 0 Å². The fourth-order valence-corrected chi connectivity index (χ4v) is 6.62. The molecule has 0 aromatic carbocycles. The highest BCUT2D eigenvalue weighted by molar-refractivity contribution is 7.15. The first kappa shape index (κ1) is 19.3. The topological polar surface area (TPSA) is 0 Å². The van der Waals surface area contributed by atoms with Crippen LogP contribution in [0.15, 0.2) is 30.3 Å². The van der Waals surface area contributed by atoms with Crippen molar-refractivity contribution < 1.29 is 21.5 Å². The first-order valence-corrected chi connectivity index (χ1v) is 10.8. The fourth-order valence-electron chi connectivity index (χ4n) is 4.74. The highest BCUT2D eigenvalue weighted by Gasteiger charge is 2.48. The van der Waals surface area contributed by atoms with E-state index in [4.69, 9.17) is 0 Å². The van der Waals surface area contributed by atoms with E-state index >= 15 is 0 Å². The standard InChI is InChI=1S/C21H28NS2.BrH/c1-14-5-9-20(23-14)19(21-10-6-15(2)24-21)13-16-11-17-7-8-18(12-16)22(17,3)4;/h5-6,9-10,13,16-18H,7-8,11-12H2,1-4H3;1H/q+1;/p-1. The van der Waals surface area contributed by atoms with Crippen molar-refractivity contribution >= 4 is 28.2 Å². The van der Waals surface area contributed by atoms with Crippen LogP contribution in [0.4, 0.5) is 0 Å². The summed E-state index contributed by atoms with van der Waals surface area (Å²) < 4.78 is 1.26. The lowest BCUT2D eigenvalue weighted by Gasteiger charge is -2.43. The summed E-state index contributed by atoms with van der Waals surface area (Å²) in [4.78, 5) is 5.71. The SMILES string of the molecule is Cc1ccc(C(=CC2CC3CCC(C2)[N+]3(C)C)c2ccc(C)s2)s1.[Br-]. The first-order chi connectivity index (χ1) is 11.4. The second kappa shape index (κ2) is 7.30. The largest absolute Gasteiger partial charge is 1.00 e. The Morgan fingerprint density at radius 3 is 1.80 bits per heavy atom. The summed E-state index contributed by atoms with van der Waals surface area (Å²) in [5.41, 5.74) is 1.49. The average Bonchev–Trinajstić information content (AvgIpc) is 3.15. The molecule has 2 aromatic rings. The smallest absolute Gasteiger partial charge is 0.0896 e. The molecule has 4 rings (SSSR count). The zero-order chi connectivity index (χ0) is 16.9. The number of rotatable bonds is 3. The molecule has 2 atom stereocenters. The van der Waals surface area contributed by atoms with Crippen LogP contribution in [0.5, 0.6) is 0 Å². The second-order valence-corrected chi connectivity index (χ2v) is 10.7. The first-order valence-electron chi connectivity index (χ1n) is 9.12. The zero-order valence-electron chi connectivity index (χ0n) is 15.6. The third-order valence-corrected chi connectivity index (χ3v) is 8.35. The Labute approximate surface area is 170 Å². The van der Waals surface area contributed by atoms with E-state index in [0.717, 1.165) is 18.0 Å². The van der Waals surface area contributed by atoms with Gasteiger partial charge in [0.25, 0.3) is 0 Å². The predicted octanol–water partition coefficient (Wildman–Crippen LogP) is 2.88. The number of aryl methyl sites for hydroxylation is 2. The molecule has 2 saturated heterocycles. The normalized spacial score (nSPS) is 27.0. The van der Waals surface area contributed by atoms with Gasteiger partial charge >= 0.3 is 0 Å². The number of nitrogens with zero attached hydrogens (tertiary/aromatic N) is 1. The van der Waals surface area contributed by atoms with Crippen molar-refractivity contribution in [1.82, 2.24) is 0 Å². The molecular formula is C21H28BrNS2. The molecule has 2 aliphatic heterocycles. The predicted molar refractivity (Wildman–Crippen MR) is 107 cm³/mol. The molecule has 2 unspecified atom stereocenters. The summed E-state index contributed by atoms with van der Waals surface area (Å²) >= 11 is 3.88. The monoisotopic (exact) mass is 437 g/mol. The van der Waals surface area contributed by atoms with E-state index in [-0.39, 0.29) is 17.0 Å². The number of quaternary nitrogens is 1. The molecule has 0 N–H and O–H groups in total. The van der Waals surface area contributed by atoms with Gasteiger partial charge in [-0.25, -0.2) is 0 Å². The summed E-state index contributed by atoms with van der Waals surface area (Å²) in [7, 11) is 4.91. The van der Waals surface area contributed by atoms with E-state index in [2.05, 4.69) is 58.3 Å². The van der Waals surface area contributed by atoms with Gasteiger partial charge in [0.15, 0.2) is 0 Å². The molecule has 0 radical (unpaired) electrons. The van der Waals surface area contributed by atoms with Gasteiger partial charge in [-0.05, 0) is 44.0 Å². The molecule has 2 aromatic heterocycles. The Bertz CT molecular complexity index is 712. The van der Waals surface area contributed by atoms with E-state index in [1.807, 2.05) is 22.7 Å². The van der Waals surface area contributed by atoms with Gasteiger partial charge in [0.2, 0.25) is 0 Å². The van der Waals surface area contributed by atoms with Crippen molar-refractivity contribution in [2.45, 2.75) is 51.6 Å². The number of fused-ring (bicyclic) bond motifs is 2. The number of allylic oxidation sites excluding steroid dienone is 1. The molecule has 2 aliphatic rings. The van der Waals surface area contributed by atoms with Crippen molar-refractivity contribution in [2.75, 3.05) is 14.1 Å². The number of thiophene rings is 2. The summed E-state index contributed by atoms with van der Waals surface area (Å²) in [6.07, 6.45) is 8.20. The van der Waals surface area contributed by atoms with Crippen molar-refractivity contribution in [3.05, 3.63) is 49.9 Å². The molecule has 0 spiro atoms. The lowest BCUT2D eigenvalue weighted by atomic mass is 9.87. The number of piperidine rings is 1. The fraction of sp³-hybridized carbons (Fsp3) is 0.524. The van der Waals surface area contributed by atoms with Crippen molar-refractivity contribution in [2.24, 2.45) is 5.92 Å². The van der Waals surface area contributed by atoms with Crippen LogP contribution >= 0.6 is 22.7 Å². The Kier molecular flexibility index (Phi) is 5.65. The molecule has 2 bridgehead atoms. The number of hydrogen-bond acceptors (Lipinski definition) is 2. The molecule has 2 fully saturated rings. The van der Waals surface area contributed by atoms with E-state index < -0.39 is 0 Å². The lowest BCUT2D eigenvalue weighted by Crippen LogP contribution is -3.00. The minimum absolute atomic E-state index is 0. The van der Waals surface area contributed by atoms with Gasteiger partial charge in [0.05, 0.1) is 26.2 Å². The van der Waals surface area contributed by atoms with Crippen LogP contribution in [0, 0.1) is 19.8 Å². The lowest BCUT2D eigenvalue weighted by molar-refractivity contribution is -0.931. The molecule has 0 saturated carbocycles. The van der Waals surface area contributed by atoms with Crippen molar-refractivity contribution in [3.8, 4) is 0 Å². The Hall–Kier alpha value is -0.420. The van der Waals surface area contributed by atoms with Gasteiger partial charge in [-0.1, -0.05) is 6.08 Å². The molecule has 136 valence electrons. The summed E-state index contributed by atoms with van der Waals surface area (Å²) in [6.45, 7) is 4.43. The van der Waals surface area contributed by atoms with Gasteiger partial charge in [-0.2, -0.15) is 0 Å². The Balaban J connectivity index is 0.00000182. The van der Waals surface area contributed by atoms with Crippen molar-refractivity contribution in [3.63, 3.8) is 0 Å². The second-order valence-electron chi connectivity index (χ2n) is 8.15. The van der Waals surface area contributed by atoms with Crippen LogP contribution in [0.2, 0.25) is 0 Å². The van der Waals surface area contributed by atoms with Gasteiger partial charge in [-0.15, -0.1) is 22.7 Å². The van der Waals surface area contributed by atoms with E-state index in [1.54, 1.807) is 0 Å². The molecule has 4 heterocycles. The van der Waals surface area contributed by atoms with Crippen LogP contribution in [0.1, 0.15) is 45.2 Å². The highest BCUT2D eigenvalue weighted by Crippen LogP contribution is 2.44. The Morgan fingerprint density at radius 1 is 0.920 bits per heavy atom. The molecule has 0 amide bonds. The quantitative estimate of drug-likeness (QED) is 0.647. The van der Waals surface area contributed by atoms with E-state index in [1.165, 1.54) is 55.2 Å². The minimum Gasteiger partial charge on any atom is -1.00 e. The van der Waals surface area contributed by atoms with Gasteiger partial charge in [0.1, 0.15) is 0 Å². The van der Waals surface area contributed by atoms with Gasteiger partial charge in [0, 0.05) is 50.8 Å². The zero-order valence-corrected chi connectivity index (χ0v) is 18.8. The van der Waals surface area contributed by atoms with Crippen LogP contribution in [0.3, 0.4) is 0 Å². The molecule has 1 nitrogen and oxygen atoms in total. The van der Waals surface area contributed by atoms with Gasteiger partial charge in [-0.3, -0.25) is 0 Å².